The lowest BCUT2D eigenvalue weighted by Crippen LogP contribution is -2.33. The Morgan fingerprint density at radius 3 is 2.56 bits per heavy atom. The van der Waals surface area contributed by atoms with Gasteiger partial charge < -0.3 is 21.1 Å². The molecule has 0 radical (unpaired) electrons. The lowest BCUT2D eigenvalue weighted by atomic mass is 10.1. The minimum atomic E-state index is -0.510. The SMILES string of the molecule is CCN(CC(N)=O)c1ccc(N)c(C(=O)OC)c1. The number of benzene rings is 1. The van der Waals surface area contributed by atoms with Crippen LogP contribution in [-0.2, 0) is 9.53 Å². The van der Waals surface area contributed by atoms with Crippen LogP contribution in [0.4, 0.5) is 11.4 Å². The summed E-state index contributed by atoms with van der Waals surface area (Å²) in [6.45, 7) is 2.56. The van der Waals surface area contributed by atoms with Gasteiger partial charge >= 0.3 is 5.97 Å². The van der Waals surface area contributed by atoms with Crippen LogP contribution in [0.2, 0.25) is 0 Å². The van der Waals surface area contributed by atoms with Crippen molar-refractivity contribution in [3.05, 3.63) is 23.8 Å². The number of carbonyl (C=O) groups is 2. The predicted molar refractivity (Wildman–Crippen MR) is 69.3 cm³/mol. The zero-order valence-corrected chi connectivity index (χ0v) is 10.5. The molecule has 18 heavy (non-hydrogen) atoms. The molecular weight excluding hydrogens is 234 g/mol. The summed E-state index contributed by atoms with van der Waals surface area (Å²) in [5, 5.41) is 0. The third-order valence-electron chi connectivity index (χ3n) is 2.54. The van der Waals surface area contributed by atoms with Gasteiger partial charge in [0.15, 0.2) is 0 Å². The number of likely N-dealkylation sites (N-methyl/N-ethyl adjacent to an activating group) is 1. The highest BCUT2D eigenvalue weighted by molar-refractivity contribution is 5.96. The molecule has 4 N–H and O–H groups in total. The number of methoxy groups -OCH3 is 1. The first-order valence-corrected chi connectivity index (χ1v) is 5.50. The molecule has 1 aromatic carbocycles. The molecule has 6 heteroatoms. The zero-order chi connectivity index (χ0) is 13.7. The van der Waals surface area contributed by atoms with Gasteiger partial charge in [-0.05, 0) is 25.1 Å². The number of hydrogen-bond acceptors (Lipinski definition) is 5. The Labute approximate surface area is 105 Å². The standard InChI is InChI=1S/C12H17N3O3/c1-3-15(7-11(14)16)8-4-5-10(13)9(6-8)12(17)18-2/h4-6H,3,7,13H2,1-2H3,(H2,14,16). The number of primary amides is 1. The molecule has 0 unspecified atom stereocenters. The van der Waals surface area contributed by atoms with Crippen molar-refractivity contribution in [1.29, 1.82) is 0 Å². The number of nitrogen functional groups attached to an aromatic ring is 1. The number of nitrogens with zero attached hydrogens (tertiary/aromatic N) is 1. The first-order chi connectivity index (χ1) is 8.49. The minimum absolute atomic E-state index is 0.0844. The molecule has 0 aliphatic carbocycles. The van der Waals surface area contributed by atoms with Crippen LogP contribution in [0.5, 0.6) is 0 Å². The molecule has 0 atom stereocenters. The fourth-order valence-electron chi connectivity index (χ4n) is 1.60. The number of carbonyl (C=O) groups excluding carboxylic acids is 2. The number of amides is 1. The number of hydrogen-bond donors (Lipinski definition) is 2. The van der Waals surface area contributed by atoms with Gasteiger partial charge in [0, 0.05) is 17.9 Å². The van der Waals surface area contributed by atoms with E-state index in [9.17, 15) is 9.59 Å². The summed E-state index contributed by atoms with van der Waals surface area (Å²) in [5.74, 6) is -0.947. The molecule has 0 fully saturated rings. The summed E-state index contributed by atoms with van der Waals surface area (Å²) in [5.41, 5.74) is 12.2. The number of ether oxygens (including phenoxy) is 1. The van der Waals surface area contributed by atoms with Crippen LogP contribution in [0.15, 0.2) is 18.2 Å². The van der Waals surface area contributed by atoms with E-state index in [1.54, 1.807) is 23.1 Å². The van der Waals surface area contributed by atoms with Gasteiger partial charge in [-0.3, -0.25) is 4.79 Å². The van der Waals surface area contributed by atoms with Crippen LogP contribution in [0.3, 0.4) is 0 Å². The monoisotopic (exact) mass is 251 g/mol. The van der Waals surface area contributed by atoms with Crippen molar-refractivity contribution in [2.45, 2.75) is 6.92 Å². The van der Waals surface area contributed by atoms with Crippen LogP contribution in [0.1, 0.15) is 17.3 Å². The number of anilines is 2. The highest BCUT2D eigenvalue weighted by atomic mass is 16.5. The van der Waals surface area contributed by atoms with Gasteiger partial charge in [-0.2, -0.15) is 0 Å². The molecule has 98 valence electrons. The zero-order valence-electron chi connectivity index (χ0n) is 10.5. The molecule has 0 spiro atoms. The largest absolute Gasteiger partial charge is 0.465 e. The van der Waals surface area contributed by atoms with Gasteiger partial charge in [0.05, 0.1) is 19.2 Å². The van der Waals surface area contributed by atoms with Crippen LogP contribution >= 0.6 is 0 Å². The van der Waals surface area contributed by atoms with Crippen molar-refractivity contribution in [2.75, 3.05) is 30.8 Å². The lowest BCUT2D eigenvalue weighted by molar-refractivity contribution is -0.116. The molecule has 0 heterocycles. The fraction of sp³-hybridized carbons (Fsp3) is 0.333. The maximum absolute atomic E-state index is 11.5. The Balaban J connectivity index is 3.09. The Morgan fingerprint density at radius 1 is 1.39 bits per heavy atom. The van der Waals surface area contributed by atoms with E-state index >= 15 is 0 Å². The average Bonchev–Trinajstić information content (AvgIpc) is 2.35. The number of rotatable bonds is 5. The Bertz CT molecular complexity index is 460. The molecule has 1 aromatic rings. The van der Waals surface area contributed by atoms with Gasteiger partial charge in [0.2, 0.25) is 5.91 Å². The first kappa shape index (κ1) is 13.8. The van der Waals surface area contributed by atoms with E-state index in [2.05, 4.69) is 4.74 Å². The Hall–Kier alpha value is -2.24. The van der Waals surface area contributed by atoms with Gasteiger partial charge in [-0.15, -0.1) is 0 Å². The Kier molecular flexibility index (Phi) is 4.53. The van der Waals surface area contributed by atoms with Crippen LogP contribution in [-0.4, -0.2) is 32.1 Å². The topological polar surface area (TPSA) is 98.6 Å². The van der Waals surface area contributed by atoms with Crippen molar-refractivity contribution in [2.24, 2.45) is 5.73 Å². The van der Waals surface area contributed by atoms with E-state index in [0.29, 0.717) is 17.9 Å². The smallest absolute Gasteiger partial charge is 0.340 e. The quantitative estimate of drug-likeness (QED) is 0.581. The van der Waals surface area contributed by atoms with Crippen molar-refractivity contribution in [3.63, 3.8) is 0 Å². The molecule has 0 saturated carbocycles. The van der Waals surface area contributed by atoms with E-state index in [4.69, 9.17) is 11.5 Å². The summed E-state index contributed by atoms with van der Waals surface area (Å²) < 4.78 is 4.64. The van der Waals surface area contributed by atoms with Crippen LogP contribution < -0.4 is 16.4 Å². The van der Waals surface area contributed by atoms with Crippen molar-refractivity contribution in [1.82, 2.24) is 0 Å². The lowest BCUT2D eigenvalue weighted by Gasteiger charge is -2.22. The summed E-state index contributed by atoms with van der Waals surface area (Å²) in [6.07, 6.45) is 0. The maximum atomic E-state index is 11.5. The molecule has 1 rings (SSSR count). The molecular formula is C12H17N3O3. The molecule has 0 bridgehead atoms. The summed E-state index contributed by atoms with van der Waals surface area (Å²) in [7, 11) is 1.29. The molecule has 0 aromatic heterocycles. The molecule has 0 aliphatic rings. The van der Waals surface area contributed by atoms with Gasteiger partial charge in [-0.1, -0.05) is 0 Å². The molecule has 1 amide bonds. The van der Waals surface area contributed by atoms with Crippen LogP contribution in [0, 0.1) is 0 Å². The fourth-order valence-corrected chi connectivity index (χ4v) is 1.60. The highest BCUT2D eigenvalue weighted by Crippen LogP contribution is 2.21. The van der Waals surface area contributed by atoms with E-state index < -0.39 is 11.9 Å². The number of nitrogens with two attached hydrogens (primary N) is 2. The second kappa shape index (κ2) is 5.90. The predicted octanol–water partition coefficient (Wildman–Crippen LogP) is 0.367. The summed E-state index contributed by atoms with van der Waals surface area (Å²) in [4.78, 5) is 24.2. The third-order valence-corrected chi connectivity index (χ3v) is 2.54. The van der Waals surface area contributed by atoms with Gasteiger partial charge in [-0.25, -0.2) is 4.79 Å². The van der Waals surface area contributed by atoms with Crippen molar-refractivity contribution in [3.8, 4) is 0 Å². The molecule has 6 nitrogen and oxygen atoms in total. The van der Waals surface area contributed by atoms with Gasteiger partial charge in [0.25, 0.3) is 0 Å². The molecule has 0 aliphatic heterocycles. The third kappa shape index (κ3) is 3.13. The number of esters is 1. The normalized spacial score (nSPS) is 9.89. The van der Waals surface area contributed by atoms with E-state index in [0.717, 1.165) is 0 Å². The average molecular weight is 251 g/mol. The summed E-state index contributed by atoms with van der Waals surface area (Å²) >= 11 is 0. The van der Waals surface area contributed by atoms with Crippen molar-refractivity contribution >= 4 is 23.3 Å². The van der Waals surface area contributed by atoms with Crippen LogP contribution in [0.25, 0.3) is 0 Å². The minimum Gasteiger partial charge on any atom is -0.465 e. The second-order valence-electron chi connectivity index (χ2n) is 3.74. The molecule has 0 saturated heterocycles. The Morgan fingerprint density at radius 2 is 2.06 bits per heavy atom. The summed E-state index contributed by atoms with van der Waals surface area (Å²) in [6, 6.07) is 4.92. The van der Waals surface area contributed by atoms with E-state index in [-0.39, 0.29) is 12.1 Å². The second-order valence-corrected chi connectivity index (χ2v) is 3.74. The highest BCUT2D eigenvalue weighted by Gasteiger charge is 2.14. The van der Waals surface area contributed by atoms with Crippen molar-refractivity contribution < 1.29 is 14.3 Å². The van der Waals surface area contributed by atoms with Gasteiger partial charge in [0.1, 0.15) is 0 Å². The van der Waals surface area contributed by atoms with E-state index in [1.807, 2.05) is 6.92 Å². The first-order valence-electron chi connectivity index (χ1n) is 5.50. The van der Waals surface area contributed by atoms with E-state index in [1.165, 1.54) is 7.11 Å². The maximum Gasteiger partial charge on any atom is 0.340 e.